The molecular formula is C14H19N3O2S. The zero-order chi connectivity index (χ0) is 14.8. The molecule has 0 radical (unpaired) electrons. The summed E-state index contributed by atoms with van der Waals surface area (Å²) < 4.78 is 26.4. The lowest BCUT2D eigenvalue weighted by atomic mass is 9.99. The third-order valence-electron chi connectivity index (χ3n) is 3.53. The van der Waals surface area contributed by atoms with Gasteiger partial charge in [0.1, 0.15) is 0 Å². The number of benzene rings is 1. The molecule has 2 rings (SSSR count). The summed E-state index contributed by atoms with van der Waals surface area (Å²) in [6, 6.07) is 8.71. The zero-order valence-corrected chi connectivity index (χ0v) is 12.3. The lowest BCUT2D eigenvalue weighted by molar-refractivity contribution is 0.254. The van der Waals surface area contributed by atoms with Crippen LogP contribution in [0.3, 0.4) is 0 Å². The Balaban J connectivity index is 2.21. The largest absolute Gasteiger partial charge is 0.326 e. The summed E-state index contributed by atoms with van der Waals surface area (Å²) in [6.07, 6.45) is 0.848. The lowest BCUT2D eigenvalue weighted by Crippen LogP contribution is -2.49. The number of sulfonamides is 1. The third-order valence-corrected chi connectivity index (χ3v) is 5.29. The molecule has 0 spiro atoms. The highest BCUT2D eigenvalue weighted by Gasteiger charge is 2.31. The van der Waals surface area contributed by atoms with Gasteiger partial charge in [0.25, 0.3) is 0 Å². The number of hydrogen-bond acceptors (Lipinski definition) is 4. The van der Waals surface area contributed by atoms with Crippen LogP contribution in [0.1, 0.15) is 24.5 Å². The van der Waals surface area contributed by atoms with E-state index in [1.165, 1.54) is 4.31 Å². The fourth-order valence-electron chi connectivity index (χ4n) is 2.62. The second-order valence-electron chi connectivity index (χ2n) is 5.44. The Morgan fingerprint density at radius 1 is 1.40 bits per heavy atom. The number of hydrogen-bond donors (Lipinski definition) is 1. The maximum absolute atomic E-state index is 12.5. The number of nitrogens with zero attached hydrogens (tertiary/aromatic N) is 2. The van der Waals surface area contributed by atoms with Gasteiger partial charge < -0.3 is 5.73 Å². The van der Waals surface area contributed by atoms with Crippen LogP contribution in [0.25, 0.3) is 0 Å². The van der Waals surface area contributed by atoms with Crippen molar-refractivity contribution in [2.24, 2.45) is 11.7 Å². The Hall–Kier alpha value is -1.42. The van der Waals surface area contributed by atoms with Crippen LogP contribution in [0.2, 0.25) is 0 Å². The molecule has 6 heteroatoms. The molecule has 0 bridgehead atoms. The number of piperidine rings is 1. The van der Waals surface area contributed by atoms with Gasteiger partial charge in [0.05, 0.1) is 17.4 Å². The Morgan fingerprint density at radius 3 is 2.75 bits per heavy atom. The van der Waals surface area contributed by atoms with Crippen molar-refractivity contribution in [1.29, 1.82) is 5.26 Å². The van der Waals surface area contributed by atoms with E-state index in [1.54, 1.807) is 24.3 Å². The lowest BCUT2D eigenvalue weighted by Gasteiger charge is -2.33. The smallest absolute Gasteiger partial charge is 0.218 e. The molecule has 2 N–H and O–H groups in total. The minimum Gasteiger partial charge on any atom is -0.326 e. The van der Waals surface area contributed by atoms with Crippen molar-refractivity contribution in [2.75, 3.05) is 13.1 Å². The number of rotatable bonds is 3. The first-order valence-electron chi connectivity index (χ1n) is 6.64. The highest BCUT2D eigenvalue weighted by Crippen LogP contribution is 2.21. The topological polar surface area (TPSA) is 87.2 Å². The summed E-state index contributed by atoms with van der Waals surface area (Å²) >= 11 is 0. The highest BCUT2D eigenvalue weighted by molar-refractivity contribution is 7.88. The van der Waals surface area contributed by atoms with Gasteiger partial charge in [-0.25, -0.2) is 8.42 Å². The van der Waals surface area contributed by atoms with E-state index in [0.717, 1.165) is 6.42 Å². The Kier molecular flexibility index (Phi) is 4.43. The Labute approximate surface area is 120 Å². The van der Waals surface area contributed by atoms with Crippen molar-refractivity contribution in [3.8, 4) is 6.07 Å². The van der Waals surface area contributed by atoms with E-state index in [0.29, 0.717) is 24.2 Å². The van der Waals surface area contributed by atoms with Crippen molar-refractivity contribution in [3.63, 3.8) is 0 Å². The van der Waals surface area contributed by atoms with Crippen molar-refractivity contribution >= 4 is 10.0 Å². The molecule has 0 aromatic heterocycles. The van der Waals surface area contributed by atoms with Crippen LogP contribution >= 0.6 is 0 Å². The fraction of sp³-hybridized carbons (Fsp3) is 0.500. The SMILES string of the molecule is CC1CC(N)CN(S(=O)(=O)Cc2ccccc2C#N)C1. The first-order valence-corrected chi connectivity index (χ1v) is 8.24. The molecule has 0 amide bonds. The molecule has 1 fully saturated rings. The van der Waals surface area contributed by atoms with Crippen LogP contribution in [0, 0.1) is 17.2 Å². The van der Waals surface area contributed by atoms with E-state index in [4.69, 9.17) is 11.0 Å². The molecule has 20 heavy (non-hydrogen) atoms. The van der Waals surface area contributed by atoms with Gasteiger partial charge in [-0.15, -0.1) is 0 Å². The van der Waals surface area contributed by atoms with E-state index >= 15 is 0 Å². The molecule has 2 unspecified atom stereocenters. The minimum atomic E-state index is -3.43. The molecule has 1 heterocycles. The fourth-order valence-corrected chi connectivity index (χ4v) is 4.35. The molecule has 1 aliphatic rings. The summed E-state index contributed by atoms with van der Waals surface area (Å²) in [4.78, 5) is 0. The predicted molar refractivity (Wildman–Crippen MR) is 77.1 cm³/mol. The number of nitriles is 1. The van der Waals surface area contributed by atoms with Crippen LogP contribution in [-0.4, -0.2) is 31.9 Å². The van der Waals surface area contributed by atoms with Crippen LogP contribution in [0.15, 0.2) is 24.3 Å². The molecule has 1 aliphatic heterocycles. The average molecular weight is 293 g/mol. The molecule has 2 atom stereocenters. The van der Waals surface area contributed by atoms with Crippen molar-refractivity contribution in [2.45, 2.75) is 25.1 Å². The molecule has 1 aromatic rings. The summed E-state index contributed by atoms with van der Waals surface area (Å²) in [5, 5.41) is 9.03. The Bertz CT molecular complexity index is 612. The van der Waals surface area contributed by atoms with Gasteiger partial charge in [0.15, 0.2) is 0 Å². The van der Waals surface area contributed by atoms with E-state index in [-0.39, 0.29) is 17.7 Å². The normalized spacial score (nSPS) is 24.2. The number of nitrogens with two attached hydrogens (primary N) is 1. The second-order valence-corrected chi connectivity index (χ2v) is 7.41. The quantitative estimate of drug-likeness (QED) is 0.902. The third kappa shape index (κ3) is 3.37. The molecule has 0 aliphatic carbocycles. The van der Waals surface area contributed by atoms with E-state index in [1.807, 2.05) is 13.0 Å². The molecule has 5 nitrogen and oxygen atoms in total. The summed E-state index contributed by atoms with van der Waals surface area (Å²) in [5.41, 5.74) is 6.85. The Morgan fingerprint density at radius 2 is 2.10 bits per heavy atom. The maximum Gasteiger partial charge on any atom is 0.218 e. The van der Waals surface area contributed by atoms with Crippen LogP contribution < -0.4 is 5.73 Å². The second kappa shape index (κ2) is 5.92. The minimum absolute atomic E-state index is 0.111. The zero-order valence-electron chi connectivity index (χ0n) is 11.5. The van der Waals surface area contributed by atoms with Crippen LogP contribution in [-0.2, 0) is 15.8 Å². The van der Waals surface area contributed by atoms with Gasteiger partial charge in [-0.3, -0.25) is 0 Å². The van der Waals surface area contributed by atoms with E-state index < -0.39 is 10.0 Å². The average Bonchev–Trinajstić information content (AvgIpc) is 2.38. The molecule has 1 saturated heterocycles. The summed E-state index contributed by atoms with van der Waals surface area (Å²) in [5.74, 6) is 0.121. The maximum atomic E-state index is 12.5. The van der Waals surface area contributed by atoms with Crippen molar-refractivity contribution < 1.29 is 8.42 Å². The van der Waals surface area contributed by atoms with Gasteiger partial charge in [0, 0.05) is 19.1 Å². The summed E-state index contributed by atoms with van der Waals surface area (Å²) in [6.45, 7) is 2.87. The van der Waals surface area contributed by atoms with E-state index in [2.05, 4.69) is 0 Å². The van der Waals surface area contributed by atoms with Crippen molar-refractivity contribution in [1.82, 2.24) is 4.31 Å². The molecule has 0 saturated carbocycles. The highest BCUT2D eigenvalue weighted by atomic mass is 32.2. The van der Waals surface area contributed by atoms with Gasteiger partial charge >= 0.3 is 0 Å². The standard InChI is InChI=1S/C14H19N3O2S/c1-11-6-14(16)9-17(8-11)20(18,19)10-13-5-3-2-4-12(13)7-15/h2-5,11,14H,6,8-10,16H2,1H3. The van der Waals surface area contributed by atoms with Gasteiger partial charge in [-0.05, 0) is 24.0 Å². The molecule has 1 aromatic carbocycles. The van der Waals surface area contributed by atoms with E-state index in [9.17, 15) is 8.42 Å². The van der Waals surface area contributed by atoms with Gasteiger partial charge in [-0.1, -0.05) is 25.1 Å². The summed E-state index contributed by atoms with van der Waals surface area (Å²) in [7, 11) is -3.43. The first kappa shape index (κ1) is 15.0. The van der Waals surface area contributed by atoms with Crippen LogP contribution in [0.5, 0.6) is 0 Å². The molecule has 108 valence electrons. The van der Waals surface area contributed by atoms with Gasteiger partial charge in [0.2, 0.25) is 10.0 Å². The van der Waals surface area contributed by atoms with Crippen LogP contribution in [0.4, 0.5) is 0 Å². The van der Waals surface area contributed by atoms with Gasteiger partial charge in [-0.2, -0.15) is 9.57 Å². The van der Waals surface area contributed by atoms with Crippen molar-refractivity contribution in [3.05, 3.63) is 35.4 Å². The first-order chi connectivity index (χ1) is 9.42. The monoisotopic (exact) mass is 293 g/mol. The molecular weight excluding hydrogens is 274 g/mol. The predicted octanol–water partition coefficient (Wildman–Crippen LogP) is 1.06.